The molecular formula is C31H49NO4Si. The van der Waals surface area contributed by atoms with Gasteiger partial charge in [0.25, 0.3) is 0 Å². The Labute approximate surface area is 225 Å². The predicted octanol–water partition coefficient (Wildman–Crippen LogP) is 8.23. The fraction of sp³-hybridized carbons (Fsp3) is 0.613. The molecule has 0 unspecified atom stereocenters. The van der Waals surface area contributed by atoms with E-state index < -0.39 is 14.4 Å². The first-order valence-corrected chi connectivity index (χ1v) is 16.8. The maximum Gasteiger partial charge on any atom is 0.305 e. The van der Waals surface area contributed by atoms with Gasteiger partial charge >= 0.3 is 5.97 Å². The average molecular weight is 528 g/mol. The van der Waals surface area contributed by atoms with E-state index in [0.717, 1.165) is 60.7 Å². The number of ether oxygens (including phenoxy) is 1. The molecule has 0 saturated carbocycles. The van der Waals surface area contributed by atoms with Gasteiger partial charge in [0.15, 0.2) is 8.32 Å². The Morgan fingerprint density at radius 2 is 1.84 bits per heavy atom. The van der Waals surface area contributed by atoms with Crippen molar-refractivity contribution in [2.75, 3.05) is 7.11 Å². The van der Waals surface area contributed by atoms with Crippen molar-refractivity contribution in [3.63, 3.8) is 0 Å². The van der Waals surface area contributed by atoms with E-state index in [1.54, 1.807) is 0 Å². The van der Waals surface area contributed by atoms with Crippen molar-refractivity contribution in [3.05, 3.63) is 47.8 Å². The molecule has 0 radical (unpaired) electrons. The van der Waals surface area contributed by atoms with Crippen molar-refractivity contribution < 1.29 is 19.1 Å². The molecule has 0 saturated heterocycles. The highest BCUT2D eigenvalue weighted by molar-refractivity contribution is 6.74. The van der Waals surface area contributed by atoms with Gasteiger partial charge in [0.1, 0.15) is 0 Å². The van der Waals surface area contributed by atoms with Crippen molar-refractivity contribution in [2.24, 2.45) is 5.92 Å². The van der Waals surface area contributed by atoms with Crippen LogP contribution in [0, 0.1) is 5.92 Å². The fourth-order valence-electron chi connectivity index (χ4n) is 4.22. The number of fused-ring (bicyclic) bond motifs is 1. The summed E-state index contributed by atoms with van der Waals surface area (Å²) in [6, 6.07) is 10.2. The van der Waals surface area contributed by atoms with Gasteiger partial charge in [-0.2, -0.15) is 0 Å². The zero-order chi connectivity index (χ0) is 27.6. The number of hydrogen-bond donors (Lipinski definition) is 1. The van der Waals surface area contributed by atoms with Gasteiger partial charge in [-0.25, -0.2) is 0 Å². The highest BCUT2D eigenvalue weighted by Crippen LogP contribution is 2.39. The molecule has 0 bridgehead atoms. The second-order valence-corrected chi connectivity index (χ2v) is 16.5. The first kappa shape index (κ1) is 31.2. The number of carbonyl (C=O) groups is 1. The molecule has 2 rings (SSSR count). The number of aliphatic hydroxyl groups excluding tert-OH is 1. The largest absolute Gasteiger partial charge is 0.469 e. The topological polar surface area (TPSA) is 68.7 Å². The maximum atomic E-state index is 11.7. The summed E-state index contributed by atoms with van der Waals surface area (Å²) < 4.78 is 11.7. The molecule has 0 aliphatic heterocycles. The van der Waals surface area contributed by atoms with Crippen LogP contribution in [-0.4, -0.2) is 37.6 Å². The third-order valence-corrected chi connectivity index (χ3v) is 12.2. The van der Waals surface area contributed by atoms with E-state index in [1.165, 1.54) is 7.11 Å². The number of unbranched alkanes of at least 4 members (excludes halogenated alkanes) is 2. The van der Waals surface area contributed by atoms with Crippen LogP contribution < -0.4 is 0 Å². The van der Waals surface area contributed by atoms with Gasteiger partial charge in [0.05, 0.1) is 30.7 Å². The van der Waals surface area contributed by atoms with Gasteiger partial charge in [-0.1, -0.05) is 84.2 Å². The molecule has 2 aromatic rings. The van der Waals surface area contributed by atoms with E-state index in [4.69, 9.17) is 14.1 Å². The van der Waals surface area contributed by atoms with Crippen molar-refractivity contribution >= 4 is 31.1 Å². The second-order valence-electron chi connectivity index (χ2n) is 11.8. The molecule has 6 heteroatoms. The predicted molar refractivity (Wildman–Crippen MR) is 157 cm³/mol. The minimum absolute atomic E-state index is 0.00126. The summed E-state index contributed by atoms with van der Waals surface area (Å²) in [7, 11) is -0.566. The molecule has 0 amide bonds. The molecule has 1 N–H and O–H groups in total. The van der Waals surface area contributed by atoms with E-state index in [1.807, 2.05) is 18.2 Å². The molecule has 0 aliphatic carbocycles. The third kappa shape index (κ3) is 9.34. The molecule has 1 aromatic carbocycles. The quantitative estimate of drug-likeness (QED) is 0.152. The normalized spacial score (nSPS) is 15.2. The van der Waals surface area contributed by atoms with Crippen molar-refractivity contribution in [1.82, 2.24) is 4.98 Å². The maximum absolute atomic E-state index is 11.7. The lowest BCUT2D eigenvalue weighted by atomic mass is 9.98. The number of esters is 1. The van der Waals surface area contributed by atoms with Gasteiger partial charge in [0.2, 0.25) is 0 Å². The number of rotatable bonds is 14. The van der Waals surface area contributed by atoms with E-state index in [2.05, 4.69) is 72.0 Å². The number of aliphatic hydroxyl groups is 1. The van der Waals surface area contributed by atoms with Gasteiger partial charge in [0, 0.05) is 11.8 Å². The Morgan fingerprint density at radius 3 is 2.49 bits per heavy atom. The molecule has 1 aromatic heterocycles. The highest BCUT2D eigenvalue weighted by Gasteiger charge is 2.39. The Hall–Kier alpha value is -2.02. The molecule has 0 aliphatic rings. The number of nitrogens with zero attached hydrogens (tertiary/aromatic N) is 1. The summed E-state index contributed by atoms with van der Waals surface area (Å²) in [5.41, 5.74) is 1.60. The van der Waals surface area contributed by atoms with Crippen LogP contribution in [0.3, 0.4) is 0 Å². The summed E-state index contributed by atoms with van der Waals surface area (Å²) in [4.78, 5) is 16.6. The lowest BCUT2D eigenvalue weighted by molar-refractivity contribution is -0.140. The number of hydrogen-bond acceptors (Lipinski definition) is 5. The first-order chi connectivity index (χ1) is 17.4. The monoisotopic (exact) mass is 527 g/mol. The second kappa shape index (κ2) is 14.2. The van der Waals surface area contributed by atoms with Crippen molar-refractivity contribution in [2.45, 2.75) is 110 Å². The molecule has 37 heavy (non-hydrogen) atoms. The van der Waals surface area contributed by atoms with E-state index in [0.29, 0.717) is 6.42 Å². The number of methoxy groups -OCH3 is 1. The first-order valence-electron chi connectivity index (χ1n) is 13.9. The molecule has 5 nitrogen and oxygen atoms in total. The molecular weight excluding hydrogens is 478 g/mol. The number of benzene rings is 1. The number of pyridine rings is 1. The van der Waals surface area contributed by atoms with E-state index >= 15 is 0 Å². The van der Waals surface area contributed by atoms with Crippen LogP contribution in [0.25, 0.3) is 16.8 Å². The minimum Gasteiger partial charge on any atom is -0.469 e. The standard InChI is InChI=1S/C31H49NO4Si/c1-9-10-11-17-27(33)30-26-16-13-12-15-24(26)22-25(32-30)21-20-23(2)28(18-14-19-29(34)35-6)36-37(7,8)31(3,4)5/h12-13,15-16,20-23,27-28,33H,9-11,14,17-19H2,1-8H3/b21-20+/t23-,27+,28+/m1/s1. The average Bonchev–Trinajstić information content (AvgIpc) is 2.85. The summed E-state index contributed by atoms with van der Waals surface area (Å²) >= 11 is 0. The SMILES string of the molecule is CCCCC[C@H](O)c1nc(/C=C/[C@@H](C)[C@H](CCCC(=O)OC)O[Si](C)(C)C(C)(C)C)cc2ccccc12. The van der Waals surface area contributed by atoms with Gasteiger partial charge in [-0.3, -0.25) is 9.78 Å². The van der Waals surface area contributed by atoms with Crippen LogP contribution in [0.1, 0.15) is 97.1 Å². The summed E-state index contributed by atoms with van der Waals surface area (Å²) in [6.07, 6.45) is 9.51. The molecule has 3 atom stereocenters. The smallest absolute Gasteiger partial charge is 0.305 e. The lowest BCUT2D eigenvalue weighted by Gasteiger charge is -2.40. The van der Waals surface area contributed by atoms with Crippen LogP contribution in [0.15, 0.2) is 36.4 Å². The molecule has 206 valence electrons. The van der Waals surface area contributed by atoms with E-state index in [-0.39, 0.29) is 23.0 Å². The van der Waals surface area contributed by atoms with Crippen LogP contribution in [0.2, 0.25) is 18.1 Å². The highest BCUT2D eigenvalue weighted by atomic mass is 28.4. The number of carbonyl (C=O) groups excluding carboxylic acids is 1. The fourth-order valence-corrected chi connectivity index (χ4v) is 5.66. The van der Waals surface area contributed by atoms with E-state index in [9.17, 15) is 9.90 Å². The van der Waals surface area contributed by atoms with Crippen molar-refractivity contribution in [3.8, 4) is 0 Å². The minimum atomic E-state index is -2.00. The van der Waals surface area contributed by atoms with Crippen LogP contribution >= 0.6 is 0 Å². The summed E-state index contributed by atoms with van der Waals surface area (Å²) in [6.45, 7) is 15.6. The Bertz CT molecular complexity index is 1030. The lowest BCUT2D eigenvalue weighted by Crippen LogP contribution is -2.45. The Kier molecular flexibility index (Phi) is 12.0. The van der Waals surface area contributed by atoms with Gasteiger partial charge < -0.3 is 14.3 Å². The van der Waals surface area contributed by atoms with Gasteiger partial charge in [-0.05, 0) is 60.8 Å². The Balaban J connectivity index is 2.30. The third-order valence-electron chi connectivity index (χ3n) is 7.69. The zero-order valence-corrected chi connectivity index (χ0v) is 25.3. The van der Waals surface area contributed by atoms with Crippen LogP contribution in [0.5, 0.6) is 0 Å². The van der Waals surface area contributed by atoms with Crippen LogP contribution in [-0.2, 0) is 14.0 Å². The van der Waals surface area contributed by atoms with Crippen molar-refractivity contribution in [1.29, 1.82) is 0 Å². The number of aromatic nitrogens is 1. The zero-order valence-electron chi connectivity index (χ0n) is 24.3. The Morgan fingerprint density at radius 1 is 1.14 bits per heavy atom. The molecule has 0 fully saturated rings. The summed E-state index contributed by atoms with van der Waals surface area (Å²) in [5.74, 6) is -0.0439. The summed E-state index contributed by atoms with van der Waals surface area (Å²) in [5, 5.41) is 13.2. The molecule has 1 heterocycles. The van der Waals surface area contributed by atoms with Gasteiger partial charge in [-0.15, -0.1) is 0 Å². The molecule has 0 spiro atoms. The van der Waals surface area contributed by atoms with Crippen LogP contribution in [0.4, 0.5) is 0 Å².